The van der Waals surface area contributed by atoms with Crippen LogP contribution in [0.1, 0.15) is 33.5 Å². The number of amides is 1. The maximum Gasteiger partial charge on any atom is 0.255 e. The minimum absolute atomic E-state index is 0.0221. The number of carbonyl (C=O) groups is 1. The highest BCUT2D eigenvalue weighted by atomic mass is 32.1. The molecule has 0 atom stereocenters. The highest BCUT2D eigenvalue weighted by Gasteiger charge is 2.19. The largest absolute Gasteiger partial charge is 0.359 e. The summed E-state index contributed by atoms with van der Waals surface area (Å²) in [4.78, 5) is 15.6. The zero-order chi connectivity index (χ0) is 17.1. The van der Waals surface area contributed by atoms with E-state index >= 15 is 0 Å². The first-order valence-electron chi connectivity index (χ1n) is 7.93. The van der Waals surface area contributed by atoms with Gasteiger partial charge in [0.2, 0.25) is 0 Å². The maximum atomic E-state index is 12.7. The van der Waals surface area contributed by atoms with Crippen molar-refractivity contribution in [3.63, 3.8) is 0 Å². The zero-order valence-electron chi connectivity index (χ0n) is 14.1. The molecule has 0 saturated heterocycles. The van der Waals surface area contributed by atoms with Crippen LogP contribution in [0.2, 0.25) is 0 Å². The van der Waals surface area contributed by atoms with Gasteiger partial charge in [-0.2, -0.15) is 0 Å². The molecule has 3 rings (SSSR count). The fraction of sp³-hybridized carbons (Fsp3) is 0.263. The lowest BCUT2D eigenvalue weighted by molar-refractivity contribution is 0.0771. The lowest BCUT2D eigenvalue weighted by Gasteiger charge is -2.15. The average Bonchev–Trinajstić information content (AvgIpc) is 3.21. The quantitative estimate of drug-likeness (QED) is 0.685. The zero-order valence-corrected chi connectivity index (χ0v) is 14.9. The molecule has 24 heavy (non-hydrogen) atoms. The Hall–Kier alpha value is -2.40. The van der Waals surface area contributed by atoms with E-state index in [4.69, 9.17) is 4.52 Å². The Morgan fingerprint density at radius 2 is 2.04 bits per heavy atom. The van der Waals surface area contributed by atoms with E-state index in [1.54, 1.807) is 23.3 Å². The molecule has 5 heteroatoms. The van der Waals surface area contributed by atoms with E-state index in [1.807, 2.05) is 41.8 Å². The van der Waals surface area contributed by atoms with Gasteiger partial charge < -0.3 is 9.42 Å². The summed E-state index contributed by atoms with van der Waals surface area (Å²) in [5.41, 5.74) is 3.72. The van der Waals surface area contributed by atoms with Crippen molar-refractivity contribution in [2.24, 2.45) is 0 Å². The molecule has 0 unspecified atom stereocenters. The number of aryl methyl sites for hydroxylation is 1. The Morgan fingerprint density at radius 3 is 2.75 bits per heavy atom. The van der Waals surface area contributed by atoms with Crippen LogP contribution in [0.4, 0.5) is 0 Å². The van der Waals surface area contributed by atoms with Crippen molar-refractivity contribution in [1.82, 2.24) is 10.1 Å². The predicted octanol–water partition coefficient (Wildman–Crippen LogP) is 4.55. The summed E-state index contributed by atoms with van der Waals surface area (Å²) in [5.74, 6) is 0.698. The summed E-state index contributed by atoms with van der Waals surface area (Å²) in [6.07, 6.45) is 0.866. The summed E-state index contributed by atoms with van der Waals surface area (Å²) < 4.78 is 5.40. The molecule has 0 aliphatic carbocycles. The molecule has 0 spiro atoms. The second kappa shape index (κ2) is 7.01. The van der Waals surface area contributed by atoms with E-state index in [9.17, 15) is 4.79 Å². The van der Waals surface area contributed by atoms with Crippen molar-refractivity contribution in [3.8, 4) is 11.3 Å². The lowest BCUT2D eigenvalue weighted by Crippen LogP contribution is -2.26. The molecule has 0 N–H and O–H groups in total. The molecular formula is C19H20N2O2S. The van der Waals surface area contributed by atoms with Crippen LogP contribution in [0, 0.1) is 6.92 Å². The van der Waals surface area contributed by atoms with Crippen molar-refractivity contribution in [3.05, 3.63) is 63.5 Å². The summed E-state index contributed by atoms with van der Waals surface area (Å²) in [5, 5.41) is 6.05. The fourth-order valence-corrected chi connectivity index (χ4v) is 3.68. The van der Waals surface area contributed by atoms with Crippen LogP contribution in [-0.4, -0.2) is 23.0 Å². The van der Waals surface area contributed by atoms with Crippen molar-refractivity contribution in [1.29, 1.82) is 0 Å². The number of thiophene rings is 1. The molecule has 0 aliphatic rings. The number of carbonyl (C=O) groups excluding carboxylic acids is 1. The normalized spacial score (nSPS) is 10.8. The van der Waals surface area contributed by atoms with E-state index < -0.39 is 0 Å². The van der Waals surface area contributed by atoms with Gasteiger partial charge >= 0.3 is 0 Å². The Balaban J connectivity index is 1.74. The van der Waals surface area contributed by atoms with Crippen LogP contribution in [0.25, 0.3) is 11.3 Å². The third-order valence-corrected chi connectivity index (χ3v) is 5.01. The smallest absolute Gasteiger partial charge is 0.255 e. The minimum Gasteiger partial charge on any atom is -0.359 e. The summed E-state index contributed by atoms with van der Waals surface area (Å²) in [6.45, 7) is 4.54. The van der Waals surface area contributed by atoms with Crippen LogP contribution in [-0.2, 0) is 13.0 Å². The van der Waals surface area contributed by atoms with Crippen LogP contribution in [0.3, 0.4) is 0 Å². The van der Waals surface area contributed by atoms with Gasteiger partial charge in [0, 0.05) is 28.9 Å². The van der Waals surface area contributed by atoms with Crippen LogP contribution in [0.15, 0.2) is 46.3 Å². The van der Waals surface area contributed by atoms with Gasteiger partial charge in [0.15, 0.2) is 5.76 Å². The second-order valence-electron chi connectivity index (χ2n) is 5.74. The summed E-state index contributed by atoms with van der Waals surface area (Å²) in [6, 6.07) is 11.7. The van der Waals surface area contributed by atoms with Crippen molar-refractivity contribution >= 4 is 17.2 Å². The topological polar surface area (TPSA) is 46.3 Å². The van der Waals surface area contributed by atoms with E-state index in [0.29, 0.717) is 12.3 Å². The number of aromatic nitrogens is 1. The van der Waals surface area contributed by atoms with Gasteiger partial charge in [-0.15, -0.1) is 11.3 Å². The number of benzene rings is 1. The number of hydrogen-bond donors (Lipinski definition) is 0. The Morgan fingerprint density at radius 1 is 1.29 bits per heavy atom. The van der Waals surface area contributed by atoms with Crippen LogP contribution < -0.4 is 0 Å². The van der Waals surface area contributed by atoms with Gasteiger partial charge in [0.25, 0.3) is 5.91 Å². The van der Waals surface area contributed by atoms with E-state index in [2.05, 4.69) is 19.0 Å². The molecule has 2 heterocycles. The first-order chi connectivity index (χ1) is 11.6. The second-order valence-corrected chi connectivity index (χ2v) is 6.83. The molecule has 4 nitrogen and oxygen atoms in total. The lowest BCUT2D eigenvalue weighted by atomic mass is 10.1. The Bertz CT molecular complexity index is 836. The van der Waals surface area contributed by atoms with E-state index in [0.717, 1.165) is 28.8 Å². The SMILES string of the molecule is CCc1c(C(=O)N(C)Cc2cc(-c3ccccc3)no2)csc1C. The molecule has 1 aromatic carbocycles. The molecule has 2 aromatic heterocycles. The molecule has 0 bridgehead atoms. The molecule has 124 valence electrons. The molecular weight excluding hydrogens is 320 g/mol. The van der Waals surface area contributed by atoms with E-state index in [-0.39, 0.29) is 5.91 Å². The van der Waals surface area contributed by atoms with Crippen molar-refractivity contribution in [2.75, 3.05) is 7.05 Å². The number of rotatable bonds is 5. The monoisotopic (exact) mass is 340 g/mol. The Kier molecular flexibility index (Phi) is 4.81. The molecule has 0 aliphatic heterocycles. The molecule has 1 amide bonds. The summed E-state index contributed by atoms with van der Waals surface area (Å²) in [7, 11) is 1.79. The van der Waals surface area contributed by atoms with Gasteiger partial charge in [-0.25, -0.2) is 0 Å². The van der Waals surface area contributed by atoms with Crippen molar-refractivity contribution < 1.29 is 9.32 Å². The molecule has 0 fully saturated rings. The highest BCUT2D eigenvalue weighted by molar-refractivity contribution is 7.10. The third-order valence-electron chi connectivity index (χ3n) is 4.06. The van der Waals surface area contributed by atoms with Crippen LogP contribution >= 0.6 is 11.3 Å². The number of hydrogen-bond acceptors (Lipinski definition) is 4. The van der Waals surface area contributed by atoms with Gasteiger partial charge in [-0.05, 0) is 18.9 Å². The molecule has 0 saturated carbocycles. The first kappa shape index (κ1) is 16.5. The third kappa shape index (κ3) is 3.26. The highest BCUT2D eigenvalue weighted by Crippen LogP contribution is 2.24. The fourth-order valence-electron chi connectivity index (χ4n) is 2.74. The van der Waals surface area contributed by atoms with Crippen molar-refractivity contribution in [2.45, 2.75) is 26.8 Å². The number of nitrogens with zero attached hydrogens (tertiary/aromatic N) is 2. The molecule has 3 aromatic rings. The summed E-state index contributed by atoms with van der Waals surface area (Å²) >= 11 is 1.63. The maximum absolute atomic E-state index is 12.7. The van der Waals surface area contributed by atoms with Gasteiger partial charge in [0.1, 0.15) is 5.69 Å². The van der Waals surface area contributed by atoms with Crippen LogP contribution in [0.5, 0.6) is 0 Å². The average molecular weight is 340 g/mol. The Labute approximate surface area is 145 Å². The minimum atomic E-state index is 0.0221. The van der Waals surface area contributed by atoms with E-state index in [1.165, 1.54) is 4.88 Å². The molecule has 0 radical (unpaired) electrons. The van der Waals surface area contributed by atoms with Gasteiger partial charge in [-0.1, -0.05) is 42.4 Å². The first-order valence-corrected chi connectivity index (χ1v) is 8.81. The standard InChI is InChI=1S/C19H20N2O2S/c1-4-16-13(2)24-12-17(16)19(22)21(3)11-15-10-18(20-23-15)14-8-6-5-7-9-14/h5-10,12H,4,11H2,1-3H3. The van der Waals surface area contributed by atoms with Gasteiger partial charge in [-0.3, -0.25) is 4.79 Å². The predicted molar refractivity (Wildman–Crippen MR) is 96.2 cm³/mol. The van der Waals surface area contributed by atoms with Gasteiger partial charge in [0.05, 0.1) is 12.1 Å².